The van der Waals surface area contributed by atoms with Gasteiger partial charge in [-0.05, 0) is 57.4 Å². The first-order valence-corrected chi connectivity index (χ1v) is 10.5. The molecule has 0 spiro atoms. The van der Waals surface area contributed by atoms with Crippen LogP contribution in [-0.2, 0) is 9.53 Å². The topological polar surface area (TPSA) is 97.4 Å². The number of nitrogens with zero attached hydrogens (tertiary/aromatic N) is 1. The van der Waals surface area contributed by atoms with Gasteiger partial charge in [-0.2, -0.15) is 0 Å². The van der Waals surface area contributed by atoms with Crippen LogP contribution in [0, 0.1) is 5.92 Å². The SMILES string of the molecule is C[C@@H]1CCC[C@H](NC(=O)OC(C)(C)C)c2cc(ccn2)-c2ccc(C=O)cc2NC1=O. The normalized spacial score (nSPS) is 19.2. The van der Waals surface area contributed by atoms with Crippen LogP contribution in [0.2, 0.25) is 0 Å². The summed E-state index contributed by atoms with van der Waals surface area (Å²) < 4.78 is 5.43. The first kappa shape index (κ1) is 22.5. The van der Waals surface area contributed by atoms with Gasteiger partial charge in [0.05, 0.1) is 11.7 Å². The Morgan fingerprint density at radius 1 is 1.23 bits per heavy atom. The molecule has 0 saturated carbocycles. The number of hydrogen-bond donors (Lipinski definition) is 2. The van der Waals surface area contributed by atoms with Crippen LogP contribution in [0.3, 0.4) is 0 Å². The summed E-state index contributed by atoms with van der Waals surface area (Å²) in [6.07, 6.45) is 3.94. The predicted molar refractivity (Wildman–Crippen MR) is 119 cm³/mol. The predicted octanol–water partition coefficient (Wildman–Crippen LogP) is 4.89. The number of fused-ring (bicyclic) bond motifs is 4. The highest BCUT2D eigenvalue weighted by molar-refractivity contribution is 5.98. The Morgan fingerprint density at radius 2 is 2.00 bits per heavy atom. The molecule has 2 heterocycles. The number of aromatic nitrogens is 1. The number of benzene rings is 1. The fourth-order valence-electron chi connectivity index (χ4n) is 3.56. The molecule has 2 amide bonds. The third-order valence-corrected chi connectivity index (χ3v) is 5.16. The Labute approximate surface area is 182 Å². The Hall–Kier alpha value is -3.22. The van der Waals surface area contributed by atoms with Gasteiger partial charge in [-0.25, -0.2) is 4.79 Å². The van der Waals surface area contributed by atoms with Crippen LogP contribution in [0.5, 0.6) is 0 Å². The van der Waals surface area contributed by atoms with Crippen molar-refractivity contribution in [3.8, 4) is 11.1 Å². The van der Waals surface area contributed by atoms with Gasteiger partial charge in [-0.15, -0.1) is 0 Å². The van der Waals surface area contributed by atoms with Gasteiger partial charge in [-0.1, -0.05) is 25.5 Å². The summed E-state index contributed by atoms with van der Waals surface area (Å²) >= 11 is 0. The van der Waals surface area contributed by atoms with E-state index in [0.29, 0.717) is 29.8 Å². The minimum atomic E-state index is -0.605. The van der Waals surface area contributed by atoms with Crippen LogP contribution in [0.1, 0.15) is 69.1 Å². The molecule has 0 aliphatic carbocycles. The maximum Gasteiger partial charge on any atom is 0.408 e. The second-order valence-electron chi connectivity index (χ2n) is 8.91. The molecule has 164 valence electrons. The third-order valence-electron chi connectivity index (χ3n) is 5.16. The third kappa shape index (κ3) is 5.90. The van der Waals surface area contributed by atoms with Crippen LogP contribution >= 0.6 is 0 Å². The van der Waals surface area contributed by atoms with Crippen molar-refractivity contribution in [3.05, 3.63) is 47.8 Å². The van der Waals surface area contributed by atoms with E-state index >= 15 is 0 Å². The number of ether oxygens (including phenoxy) is 1. The average molecular weight is 424 g/mol. The minimum absolute atomic E-state index is 0.101. The van der Waals surface area contributed by atoms with Crippen LogP contribution in [0.15, 0.2) is 36.5 Å². The van der Waals surface area contributed by atoms with E-state index in [1.165, 1.54) is 0 Å². The molecule has 1 aliphatic heterocycles. The van der Waals surface area contributed by atoms with E-state index in [0.717, 1.165) is 23.8 Å². The molecule has 7 nitrogen and oxygen atoms in total. The van der Waals surface area contributed by atoms with Gasteiger partial charge in [0.25, 0.3) is 0 Å². The lowest BCUT2D eigenvalue weighted by molar-refractivity contribution is -0.119. The van der Waals surface area contributed by atoms with Crippen LogP contribution in [0.25, 0.3) is 11.1 Å². The largest absolute Gasteiger partial charge is 0.444 e. The molecule has 0 radical (unpaired) electrons. The first-order chi connectivity index (χ1) is 14.7. The molecule has 1 aromatic carbocycles. The Morgan fingerprint density at radius 3 is 2.71 bits per heavy atom. The van der Waals surface area contributed by atoms with Gasteiger partial charge in [-0.3, -0.25) is 14.6 Å². The summed E-state index contributed by atoms with van der Waals surface area (Å²) in [5, 5.41) is 5.91. The highest BCUT2D eigenvalue weighted by Crippen LogP contribution is 2.32. The fraction of sp³-hybridized carbons (Fsp3) is 0.417. The number of pyridine rings is 1. The molecule has 0 fully saturated rings. The second kappa shape index (κ2) is 9.29. The molecular formula is C24H29N3O4. The molecule has 7 heteroatoms. The molecular weight excluding hydrogens is 394 g/mol. The van der Waals surface area contributed by atoms with Gasteiger partial charge >= 0.3 is 6.09 Å². The maximum atomic E-state index is 12.7. The summed E-state index contributed by atoms with van der Waals surface area (Å²) in [5.74, 6) is -0.323. The minimum Gasteiger partial charge on any atom is -0.444 e. The number of nitrogens with one attached hydrogen (secondary N) is 2. The molecule has 2 aromatic rings. The van der Waals surface area contributed by atoms with Crippen molar-refractivity contribution >= 4 is 24.0 Å². The van der Waals surface area contributed by atoms with E-state index in [2.05, 4.69) is 15.6 Å². The summed E-state index contributed by atoms with van der Waals surface area (Å²) in [6.45, 7) is 7.32. The lowest BCUT2D eigenvalue weighted by Crippen LogP contribution is -2.35. The lowest BCUT2D eigenvalue weighted by Gasteiger charge is -2.25. The van der Waals surface area contributed by atoms with Crippen molar-refractivity contribution in [1.29, 1.82) is 0 Å². The molecule has 1 aliphatic rings. The van der Waals surface area contributed by atoms with Crippen molar-refractivity contribution in [2.24, 2.45) is 5.92 Å². The highest BCUT2D eigenvalue weighted by Gasteiger charge is 2.24. The highest BCUT2D eigenvalue weighted by atomic mass is 16.6. The van der Waals surface area contributed by atoms with Gasteiger partial charge in [0.1, 0.15) is 11.9 Å². The standard InChI is InChI=1S/C24H29N3O4/c1-15-6-5-7-19(27-23(30)31-24(2,3)4)21-13-17(10-11-25-21)18-9-8-16(14-28)12-20(18)26-22(15)29/h8-15,19H,5-7H2,1-4H3,(H,26,29)(H,27,30)/t15-,19+/m1/s1. The zero-order chi connectivity index (χ0) is 22.6. The molecule has 2 atom stereocenters. The molecule has 31 heavy (non-hydrogen) atoms. The molecule has 0 saturated heterocycles. The number of alkyl carbamates (subject to hydrolysis) is 1. The number of amides is 2. The van der Waals surface area contributed by atoms with Crippen molar-refractivity contribution in [1.82, 2.24) is 10.3 Å². The van der Waals surface area contributed by atoms with Crippen molar-refractivity contribution in [2.75, 3.05) is 5.32 Å². The van der Waals surface area contributed by atoms with Crippen LogP contribution in [0.4, 0.5) is 10.5 Å². The number of carbonyl (C=O) groups excluding carboxylic acids is 3. The molecule has 2 bridgehead atoms. The van der Waals surface area contributed by atoms with Crippen molar-refractivity contribution in [2.45, 2.75) is 58.6 Å². The van der Waals surface area contributed by atoms with E-state index in [1.807, 2.05) is 45.9 Å². The maximum absolute atomic E-state index is 12.7. The van der Waals surface area contributed by atoms with Gasteiger partial charge in [0, 0.05) is 28.9 Å². The van der Waals surface area contributed by atoms with Gasteiger partial charge in [0.2, 0.25) is 5.91 Å². The van der Waals surface area contributed by atoms with E-state index in [4.69, 9.17) is 4.74 Å². The summed E-state index contributed by atoms with van der Waals surface area (Å²) in [6, 6.07) is 8.60. The van der Waals surface area contributed by atoms with E-state index < -0.39 is 11.7 Å². The first-order valence-electron chi connectivity index (χ1n) is 10.5. The van der Waals surface area contributed by atoms with Crippen molar-refractivity contribution in [3.63, 3.8) is 0 Å². The Balaban J connectivity index is 2.02. The number of anilines is 1. The van der Waals surface area contributed by atoms with Crippen LogP contribution < -0.4 is 10.6 Å². The summed E-state index contributed by atoms with van der Waals surface area (Å²) in [4.78, 5) is 40.9. The molecule has 3 rings (SSSR count). The summed E-state index contributed by atoms with van der Waals surface area (Å²) in [5.41, 5.74) is 2.79. The van der Waals surface area contributed by atoms with Gasteiger partial charge < -0.3 is 15.4 Å². The fourth-order valence-corrected chi connectivity index (χ4v) is 3.56. The number of hydrogen-bond acceptors (Lipinski definition) is 5. The molecule has 2 N–H and O–H groups in total. The molecule has 1 aromatic heterocycles. The van der Waals surface area contributed by atoms with E-state index in [9.17, 15) is 14.4 Å². The monoisotopic (exact) mass is 423 g/mol. The zero-order valence-corrected chi connectivity index (χ0v) is 18.4. The summed E-state index contributed by atoms with van der Waals surface area (Å²) in [7, 11) is 0. The van der Waals surface area contributed by atoms with E-state index in [1.54, 1.807) is 18.3 Å². The smallest absolute Gasteiger partial charge is 0.408 e. The van der Waals surface area contributed by atoms with E-state index in [-0.39, 0.29) is 17.9 Å². The quantitative estimate of drug-likeness (QED) is 0.671. The Bertz CT molecular complexity index is 981. The average Bonchev–Trinajstić information content (AvgIpc) is 2.71. The zero-order valence-electron chi connectivity index (χ0n) is 18.4. The molecule has 0 unspecified atom stereocenters. The lowest BCUT2D eigenvalue weighted by atomic mass is 9.95. The Kier molecular flexibility index (Phi) is 6.73. The number of carbonyl (C=O) groups is 3. The van der Waals surface area contributed by atoms with Crippen molar-refractivity contribution < 1.29 is 19.1 Å². The van der Waals surface area contributed by atoms with Crippen LogP contribution in [-0.4, -0.2) is 28.9 Å². The number of aldehydes is 1. The second-order valence-corrected chi connectivity index (χ2v) is 8.91. The van der Waals surface area contributed by atoms with Gasteiger partial charge in [0.15, 0.2) is 0 Å². The number of rotatable bonds is 2.